The molecule has 0 bridgehead atoms. The Kier molecular flexibility index (Phi) is 4.19. The number of carbonyl (C=O) groups excluding carboxylic acids is 1. The first-order chi connectivity index (χ1) is 10.0. The molecular formula is C16H14N2O3. The summed E-state index contributed by atoms with van der Waals surface area (Å²) in [5, 5.41) is 9.20. The molecule has 0 fully saturated rings. The predicted octanol–water partition coefficient (Wildman–Crippen LogP) is 3.15. The molecule has 0 N–H and O–H groups in total. The number of aromatic nitrogens is 1. The number of rotatable bonds is 3. The van der Waals surface area contributed by atoms with E-state index >= 15 is 0 Å². The van der Waals surface area contributed by atoms with Gasteiger partial charge in [-0.3, -0.25) is 4.98 Å². The smallest absolute Gasteiger partial charge is 0.337 e. The van der Waals surface area contributed by atoms with E-state index in [1.54, 1.807) is 37.3 Å². The van der Waals surface area contributed by atoms with Crippen molar-refractivity contribution in [2.75, 3.05) is 7.11 Å². The van der Waals surface area contributed by atoms with Crippen molar-refractivity contribution in [1.82, 2.24) is 4.98 Å². The summed E-state index contributed by atoms with van der Waals surface area (Å²) < 4.78 is 10.4. The second kappa shape index (κ2) is 6.06. The first kappa shape index (κ1) is 14.5. The van der Waals surface area contributed by atoms with Crippen LogP contribution < -0.4 is 4.74 Å². The molecule has 5 heteroatoms. The molecule has 2 rings (SSSR count). The molecule has 2 aromatic rings. The van der Waals surface area contributed by atoms with Gasteiger partial charge in [-0.1, -0.05) is 6.07 Å². The van der Waals surface area contributed by atoms with Crippen molar-refractivity contribution in [3.8, 4) is 17.6 Å². The molecule has 5 nitrogen and oxygen atoms in total. The minimum absolute atomic E-state index is 0.379. The van der Waals surface area contributed by atoms with E-state index in [0.29, 0.717) is 28.3 Å². The fourth-order valence-electron chi connectivity index (χ4n) is 1.94. The Morgan fingerprint density at radius 1 is 1.29 bits per heavy atom. The third-order valence-corrected chi connectivity index (χ3v) is 2.89. The monoisotopic (exact) mass is 282 g/mol. The molecular weight excluding hydrogens is 268 g/mol. The van der Waals surface area contributed by atoms with Gasteiger partial charge in [0, 0.05) is 11.8 Å². The van der Waals surface area contributed by atoms with Crippen LogP contribution in [0, 0.1) is 25.2 Å². The maximum absolute atomic E-state index is 11.5. The maximum atomic E-state index is 11.5. The van der Waals surface area contributed by atoms with Crippen molar-refractivity contribution in [3.63, 3.8) is 0 Å². The maximum Gasteiger partial charge on any atom is 0.337 e. The summed E-state index contributed by atoms with van der Waals surface area (Å²) in [6.07, 6.45) is 0. The number of nitriles is 1. The number of aryl methyl sites for hydroxylation is 2. The van der Waals surface area contributed by atoms with Gasteiger partial charge < -0.3 is 9.47 Å². The van der Waals surface area contributed by atoms with Crippen LogP contribution in [0.2, 0.25) is 0 Å². The van der Waals surface area contributed by atoms with E-state index in [1.165, 1.54) is 7.11 Å². The average molecular weight is 282 g/mol. The summed E-state index contributed by atoms with van der Waals surface area (Å²) in [6, 6.07) is 10.4. The second-order valence-corrected chi connectivity index (χ2v) is 4.46. The molecule has 0 saturated carbocycles. The van der Waals surface area contributed by atoms with E-state index < -0.39 is 5.97 Å². The van der Waals surface area contributed by atoms with Gasteiger partial charge in [-0.15, -0.1) is 0 Å². The quantitative estimate of drug-likeness (QED) is 0.808. The molecule has 1 aromatic heterocycles. The van der Waals surface area contributed by atoms with E-state index in [1.807, 2.05) is 6.92 Å². The highest BCUT2D eigenvalue weighted by Crippen LogP contribution is 2.27. The zero-order valence-corrected chi connectivity index (χ0v) is 12.0. The molecule has 0 aliphatic carbocycles. The predicted molar refractivity (Wildman–Crippen MR) is 76.3 cm³/mol. The highest BCUT2D eigenvalue weighted by atomic mass is 16.5. The molecule has 0 atom stereocenters. The van der Waals surface area contributed by atoms with Gasteiger partial charge in [0.15, 0.2) is 0 Å². The molecule has 0 radical (unpaired) electrons. The van der Waals surface area contributed by atoms with Crippen LogP contribution in [0.3, 0.4) is 0 Å². The van der Waals surface area contributed by atoms with Gasteiger partial charge in [0.1, 0.15) is 23.1 Å². The number of hydrogen-bond donors (Lipinski definition) is 0. The molecule has 0 amide bonds. The van der Waals surface area contributed by atoms with E-state index in [0.717, 1.165) is 5.69 Å². The zero-order chi connectivity index (χ0) is 15.4. The Labute approximate surface area is 122 Å². The summed E-state index contributed by atoms with van der Waals surface area (Å²) in [7, 11) is 1.32. The third-order valence-electron chi connectivity index (χ3n) is 2.89. The first-order valence-electron chi connectivity index (χ1n) is 6.29. The van der Waals surface area contributed by atoms with Crippen LogP contribution in [0.15, 0.2) is 30.3 Å². The molecule has 1 heterocycles. The largest absolute Gasteiger partial charge is 0.465 e. The minimum Gasteiger partial charge on any atom is -0.465 e. The Hall–Kier alpha value is -2.87. The third kappa shape index (κ3) is 3.18. The van der Waals surface area contributed by atoms with Crippen LogP contribution in [-0.4, -0.2) is 18.1 Å². The molecule has 1 aromatic carbocycles. The molecule has 0 spiro atoms. The Balaban J connectivity index is 2.39. The summed E-state index contributed by atoms with van der Waals surface area (Å²) in [5.74, 6) is 0.437. The number of esters is 1. The van der Waals surface area contributed by atoms with E-state index in [9.17, 15) is 10.1 Å². The molecule has 0 unspecified atom stereocenters. The SMILES string of the molecule is COC(=O)c1cccc(Oc2cc(C)nc(C)c2C#N)c1. The van der Waals surface area contributed by atoms with Crippen molar-refractivity contribution < 1.29 is 14.3 Å². The van der Waals surface area contributed by atoms with Crippen molar-refractivity contribution in [1.29, 1.82) is 5.26 Å². The lowest BCUT2D eigenvalue weighted by atomic mass is 10.1. The number of benzene rings is 1. The van der Waals surface area contributed by atoms with Crippen LogP contribution in [0.4, 0.5) is 0 Å². The number of carbonyl (C=O) groups is 1. The van der Waals surface area contributed by atoms with Crippen LogP contribution in [0.1, 0.15) is 27.3 Å². The topological polar surface area (TPSA) is 72.2 Å². The normalized spacial score (nSPS) is 9.81. The Morgan fingerprint density at radius 3 is 2.71 bits per heavy atom. The average Bonchev–Trinajstić information content (AvgIpc) is 2.46. The fourth-order valence-corrected chi connectivity index (χ4v) is 1.94. The number of ether oxygens (including phenoxy) is 2. The van der Waals surface area contributed by atoms with Crippen molar-refractivity contribution in [2.24, 2.45) is 0 Å². The first-order valence-corrected chi connectivity index (χ1v) is 6.29. The van der Waals surface area contributed by atoms with Gasteiger partial charge in [0.05, 0.1) is 18.4 Å². The minimum atomic E-state index is -0.442. The lowest BCUT2D eigenvalue weighted by Gasteiger charge is -2.10. The summed E-state index contributed by atoms with van der Waals surface area (Å²) in [6.45, 7) is 3.58. The molecule has 0 aliphatic heterocycles. The molecule has 106 valence electrons. The van der Waals surface area contributed by atoms with Crippen LogP contribution in [0.5, 0.6) is 11.5 Å². The van der Waals surface area contributed by atoms with Crippen molar-refractivity contribution >= 4 is 5.97 Å². The van der Waals surface area contributed by atoms with E-state index in [-0.39, 0.29) is 0 Å². The van der Waals surface area contributed by atoms with Crippen molar-refractivity contribution in [3.05, 3.63) is 52.8 Å². The number of methoxy groups -OCH3 is 1. The summed E-state index contributed by atoms with van der Waals surface area (Å²) in [5.41, 5.74) is 2.13. The fraction of sp³-hybridized carbons (Fsp3) is 0.188. The van der Waals surface area contributed by atoms with Crippen LogP contribution in [-0.2, 0) is 4.74 Å². The second-order valence-electron chi connectivity index (χ2n) is 4.46. The molecule has 0 aliphatic rings. The summed E-state index contributed by atoms with van der Waals surface area (Å²) in [4.78, 5) is 15.7. The van der Waals surface area contributed by atoms with Gasteiger partial charge in [0.25, 0.3) is 0 Å². The highest BCUT2D eigenvalue weighted by Gasteiger charge is 2.12. The van der Waals surface area contributed by atoms with Gasteiger partial charge >= 0.3 is 5.97 Å². The molecule has 21 heavy (non-hydrogen) atoms. The van der Waals surface area contributed by atoms with Crippen LogP contribution >= 0.6 is 0 Å². The standard InChI is InChI=1S/C16H14N2O3/c1-10-7-15(14(9-17)11(2)18-10)21-13-6-4-5-12(8-13)16(19)20-3/h4-8H,1-3H3. The van der Waals surface area contributed by atoms with Gasteiger partial charge in [-0.2, -0.15) is 5.26 Å². The van der Waals surface area contributed by atoms with Crippen LogP contribution in [0.25, 0.3) is 0 Å². The number of hydrogen-bond acceptors (Lipinski definition) is 5. The van der Waals surface area contributed by atoms with Crippen molar-refractivity contribution in [2.45, 2.75) is 13.8 Å². The van der Waals surface area contributed by atoms with Gasteiger partial charge in [-0.25, -0.2) is 4.79 Å². The Bertz CT molecular complexity index is 733. The van der Waals surface area contributed by atoms with Gasteiger partial charge in [-0.05, 0) is 32.0 Å². The van der Waals surface area contributed by atoms with E-state index in [4.69, 9.17) is 4.74 Å². The van der Waals surface area contributed by atoms with E-state index in [2.05, 4.69) is 15.8 Å². The Morgan fingerprint density at radius 2 is 2.05 bits per heavy atom. The number of nitrogens with zero attached hydrogens (tertiary/aromatic N) is 2. The molecule has 0 saturated heterocycles. The lowest BCUT2D eigenvalue weighted by molar-refractivity contribution is 0.0600. The lowest BCUT2D eigenvalue weighted by Crippen LogP contribution is -2.01. The van der Waals surface area contributed by atoms with Gasteiger partial charge in [0.2, 0.25) is 0 Å². The zero-order valence-electron chi connectivity index (χ0n) is 12.0. The number of pyridine rings is 1. The summed E-state index contributed by atoms with van der Waals surface area (Å²) >= 11 is 0. The highest BCUT2D eigenvalue weighted by molar-refractivity contribution is 5.89.